The molecule has 0 saturated heterocycles. The topological polar surface area (TPSA) is 34.3 Å². The van der Waals surface area contributed by atoms with Crippen molar-refractivity contribution < 1.29 is 0 Å². The number of rotatable bonds is 0. The van der Waals surface area contributed by atoms with E-state index >= 15 is 0 Å². The van der Waals surface area contributed by atoms with Gasteiger partial charge in [0.2, 0.25) is 0 Å². The zero-order valence-corrected chi connectivity index (χ0v) is 3.65. The Bertz CT molecular complexity index is 29.0. The minimum Gasteiger partial charge on any atom is -0.265 e. The first-order valence-corrected chi connectivity index (χ1v) is 0.770. The molecule has 1 atom stereocenters. The van der Waals surface area contributed by atoms with Crippen LogP contribution in [0.2, 0.25) is 0 Å². The fourth-order valence-corrected chi connectivity index (χ4v) is 0. The Morgan fingerprint density at radius 3 is 2.00 bits per heavy atom. The lowest BCUT2D eigenvalue weighted by molar-refractivity contribution is 1.27. The normalized spacial score (nSPS) is 12.0. The predicted octanol–water partition coefficient (Wildman–Crippen LogP) is -0.409. The number of nitrogens with one attached hydrogen (secondary N) is 1. The number of nitrogens with zero attached hydrogens (tertiary/aromatic N) is 1. The van der Waals surface area contributed by atoms with E-state index in [1.165, 1.54) is 0 Å². The van der Waals surface area contributed by atoms with Gasteiger partial charge in [0.25, 0.3) is 0 Å². The van der Waals surface area contributed by atoms with Gasteiger partial charge in [0, 0.05) is 0 Å². The van der Waals surface area contributed by atoms with E-state index in [0.717, 1.165) is 0 Å². The van der Waals surface area contributed by atoms with Crippen molar-refractivity contribution >= 4 is 16.2 Å². The first-order chi connectivity index (χ1) is 1.50. The van der Waals surface area contributed by atoms with Crippen molar-refractivity contribution in [3.05, 3.63) is 0 Å². The monoisotopic (exact) mass is 76.0 g/mol. The van der Waals surface area contributed by atoms with Crippen molar-refractivity contribution in [1.82, 2.24) is 5.43 Å². The van der Waals surface area contributed by atoms with Crippen molar-refractivity contribution in [2.75, 3.05) is 0 Å². The molecule has 0 spiro atoms. The van der Waals surface area contributed by atoms with E-state index in [-0.39, 0.29) is 9.90 Å². The van der Waals surface area contributed by atoms with Crippen LogP contribution in [0, 0.1) is 0 Å². The third-order valence-electron chi connectivity index (χ3n) is 0.129. The van der Waals surface area contributed by atoms with Gasteiger partial charge in [-0.3, -0.25) is 5.43 Å². The molecule has 0 aromatic carbocycles. The molecule has 0 saturated carbocycles. The van der Waals surface area contributed by atoms with E-state index in [2.05, 4.69) is 10.5 Å². The molecule has 0 bridgehead atoms. The summed E-state index contributed by atoms with van der Waals surface area (Å²) >= 11 is 0. The van der Waals surface area contributed by atoms with E-state index in [0.29, 0.717) is 0 Å². The zero-order valence-electron chi connectivity index (χ0n) is 2.23. The molecule has 1 aliphatic rings. The lowest BCUT2D eigenvalue weighted by Crippen LogP contribution is -1.61. The molecule has 4 heavy (non-hydrogen) atoms. The summed E-state index contributed by atoms with van der Waals surface area (Å²) in [7, 11) is 0. The molecule has 0 aliphatic carbocycles. The maximum absolute atomic E-state index is 3.38. The van der Waals surface area contributed by atoms with Crippen LogP contribution in [-0.2, 0) is 0 Å². The minimum atomic E-state index is 0. The van der Waals surface area contributed by atoms with Crippen LogP contribution in [0.5, 0.6) is 0 Å². The Labute approximate surface area is 27.9 Å². The van der Waals surface area contributed by atoms with Crippen molar-refractivity contribution in [3.63, 3.8) is 0 Å². The van der Waals surface area contributed by atoms with Crippen LogP contribution >= 0.6 is 9.90 Å². The molecule has 1 aliphatic heterocycles. The zero-order chi connectivity index (χ0) is 2.12. The SMILES string of the molecule is C1=NN1.P. The lowest BCUT2D eigenvalue weighted by Gasteiger charge is -1.29. The second-order valence-electron chi connectivity index (χ2n) is 0.387. The van der Waals surface area contributed by atoms with Crippen LogP contribution in [0.1, 0.15) is 0 Å². The van der Waals surface area contributed by atoms with Crippen LogP contribution in [0.15, 0.2) is 5.10 Å². The van der Waals surface area contributed by atoms with Crippen LogP contribution in [0.3, 0.4) is 0 Å². The molecule has 1 heterocycles. The highest BCUT2D eigenvalue weighted by Crippen LogP contribution is 1.56. The highest BCUT2D eigenvalue weighted by Gasteiger charge is 1.71. The van der Waals surface area contributed by atoms with Gasteiger partial charge in [0.1, 0.15) is 6.34 Å². The van der Waals surface area contributed by atoms with E-state index in [1.54, 1.807) is 6.34 Å². The Morgan fingerprint density at radius 1 is 1.75 bits per heavy atom. The summed E-state index contributed by atoms with van der Waals surface area (Å²) in [6, 6.07) is 0. The molecule has 0 aromatic heterocycles. The Kier molecular flexibility index (Phi) is 1.21. The van der Waals surface area contributed by atoms with Gasteiger partial charge in [-0.15, -0.1) is 0 Å². The van der Waals surface area contributed by atoms with Crippen molar-refractivity contribution in [2.45, 2.75) is 0 Å². The first-order valence-electron chi connectivity index (χ1n) is 0.770. The van der Waals surface area contributed by atoms with Crippen molar-refractivity contribution in [3.8, 4) is 0 Å². The molecular formula is CH5N2P. The summed E-state index contributed by atoms with van der Waals surface area (Å²) in [6.45, 7) is 0. The van der Waals surface area contributed by atoms with E-state index in [1.807, 2.05) is 0 Å². The summed E-state index contributed by atoms with van der Waals surface area (Å²) < 4.78 is 0. The second kappa shape index (κ2) is 1.24. The average molecular weight is 76.0 g/mol. The van der Waals surface area contributed by atoms with Gasteiger partial charge in [-0.2, -0.15) is 15.0 Å². The molecule has 3 heteroatoms. The lowest BCUT2D eigenvalue weighted by atomic mass is 11.6. The quantitative estimate of drug-likeness (QED) is 0.391. The smallest absolute Gasteiger partial charge is 0.129 e. The van der Waals surface area contributed by atoms with Crippen LogP contribution in [-0.4, -0.2) is 6.34 Å². The van der Waals surface area contributed by atoms with E-state index in [4.69, 9.17) is 0 Å². The minimum absolute atomic E-state index is 0. The standard InChI is InChI=1S/CH2N2.H3P/c1-2-3-1;/h1H,(H,2,3);1H3. The summed E-state index contributed by atoms with van der Waals surface area (Å²) in [5.74, 6) is 0. The van der Waals surface area contributed by atoms with E-state index in [9.17, 15) is 0 Å². The third-order valence-corrected chi connectivity index (χ3v) is 0.129. The molecule has 2 nitrogen and oxygen atoms in total. The maximum atomic E-state index is 3.38. The molecule has 1 rings (SSSR count). The average Bonchev–Trinajstić information content (AvgIpc) is 1.46. The molecular weight excluding hydrogens is 71.0 g/mol. The number of hydrogen-bond acceptors (Lipinski definition) is 2. The number of hydrogen-bond donors (Lipinski definition) is 1. The molecule has 0 fully saturated rings. The van der Waals surface area contributed by atoms with Crippen LogP contribution < -0.4 is 5.43 Å². The Balaban J connectivity index is 0.0000000900. The van der Waals surface area contributed by atoms with Gasteiger partial charge in [0.05, 0.1) is 0 Å². The largest absolute Gasteiger partial charge is 0.265 e. The van der Waals surface area contributed by atoms with Gasteiger partial charge >= 0.3 is 0 Å². The second-order valence-corrected chi connectivity index (χ2v) is 0.387. The highest BCUT2D eigenvalue weighted by atomic mass is 31.0. The van der Waals surface area contributed by atoms with Crippen LogP contribution in [0.25, 0.3) is 0 Å². The number of hydrazone groups is 1. The summed E-state index contributed by atoms with van der Waals surface area (Å²) in [6.07, 6.45) is 1.62. The van der Waals surface area contributed by atoms with E-state index < -0.39 is 0 Å². The summed E-state index contributed by atoms with van der Waals surface area (Å²) in [5, 5.41) is 3.38. The molecule has 0 radical (unpaired) electrons. The molecule has 24 valence electrons. The third kappa shape index (κ3) is 1.90. The van der Waals surface area contributed by atoms with Gasteiger partial charge in [-0.05, 0) is 0 Å². The fourth-order valence-electron chi connectivity index (χ4n) is 0. The van der Waals surface area contributed by atoms with Gasteiger partial charge in [-0.25, -0.2) is 0 Å². The van der Waals surface area contributed by atoms with Gasteiger partial charge < -0.3 is 0 Å². The first kappa shape index (κ1) is 3.90. The fraction of sp³-hybridized carbons (Fsp3) is 0. The van der Waals surface area contributed by atoms with Gasteiger partial charge in [-0.1, -0.05) is 0 Å². The molecule has 1 N–H and O–H groups in total. The highest BCUT2D eigenvalue weighted by molar-refractivity contribution is 6.92. The van der Waals surface area contributed by atoms with Gasteiger partial charge in [0.15, 0.2) is 0 Å². The predicted molar refractivity (Wildman–Crippen MR) is 22.7 cm³/mol. The summed E-state index contributed by atoms with van der Waals surface area (Å²) in [5.41, 5.74) is 2.50. The van der Waals surface area contributed by atoms with Crippen LogP contribution in [0.4, 0.5) is 0 Å². The molecule has 1 unspecified atom stereocenters. The summed E-state index contributed by atoms with van der Waals surface area (Å²) in [4.78, 5) is 0. The van der Waals surface area contributed by atoms with Crippen molar-refractivity contribution in [2.24, 2.45) is 5.10 Å². The molecule has 0 amide bonds. The maximum Gasteiger partial charge on any atom is 0.129 e. The molecule has 0 aromatic rings. The van der Waals surface area contributed by atoms with Crippen molar-refractivity contribution in [1.29, 1.82) is 0 Å². The Morgan fingerprint density at radius 2 is 2.00 bits per heavy atom. The Hall–Kier alpha value is -0.100.